The monoisotopic (exact) mass is 232 g/mol. The second-order valence-corrected chi connectivity index (χ2v) is 4.14. The topological polar surface area (TPSA) is 49.4 Å². The first-order chi connectivity index (χ1) is 8.24. The van der Waals surface area contributed by atoms with Crippen LogP contribution in [0.4, 0.5) is 0 Å². The fraction of sp³-hybridized carbons (Fsp3) is 0.385. The third kappa shape index (κ3) is 2.30. The zero-order valence-electron chi connectivity index (χ0n) is 9.85. The highest BCUT2D eigenvalue weighted by Crippen LogP contribution is 2.20. The highest BCUT2D eigenvalue weighted by atomic mass is 16.2. The Morgan fingerprint density at radius 1 is 1.29 bits per heavy atom. The maximum absolute atomic E-state index is 12.2. The summed E-state index contributed by atoms with van der Waals surface area (Å²) in [6, 6.07) is 8.78. The second kappa shape index (κ2) is 4.99. The first-order valence-corrected chi connectivity index (χ1v) is 5.81. The zero-order valence-corrected chi connectivity index (χ0v) is 9.85. The van der Waals surface area contributed by atoms with Crippen molar-refractivity contribution >= 4 is 11.8 Å². The summed E-state index contributed by atoms with van der Waals surface area (Å²) in [5.41, 5.74) is 0.642. The van der Waals surface area contributed by atoms with Crippen molar-refractivity contribution in [1.29, 1.82) is 0 Å². The molecule has 1 atom stereocenters. The van der Waals surface area contributed by atoms with Crippen LogP contribution in [0.15, 0.2) is 30.3 Å². The van der Waals surface area contributed by atoms with Gasteiger partial charge in [-0.1, -0.05) is 18.2 Å². The van der Waals surface area contributed by atoms with Crippen molar-refractivity contribution in [2.75, 3.05) is 13.6 Å². The number of rotatable bonds is 2. The fourth-order valence-electron chi connectivity index (χ4n) is 2.20. The zero-order chi connectivity index (χ0) is 12.3. The molecule has 1 aliphatic heterocycles. The van der Waals surface area contributed by atoms with Gasteiger partial charge in [-0.25, -0.2) is 0 Å². The molecule has 1 saturated heterocycles. The van der Waals surface area contributed by atoms with Crippen LogP contribution < -0.4 is 5.32 Å². The number of benzene rings is 1. The molecule has 1 fully saturated rings. The number of nitrogens with zero attached hydrogens (tertiary/aromatic N) is 1. The Labute approximate surface area is 101 Å². The minimum Gasteiger partial charge on any atom is -0.357 e. The summed E-state index contributed by atoms with van der Waals surface area (Å²) in [4.78, 5) is 25.5. The van der Waals surface area contributed by atoms with Crippen LogP contribution in [0, 0.1) is 0 Å². The van der Waals surface area contributed by atoms with Crippen LogP contribution in [0.25, 0.3) is 0 Å². The van der Waals surface area contributed by atoms with E-state index in [2.05, 4.69) is 5.32 Å². The van der Waals surface area contributed by atoms with E-state index in [1.807, 2.05) is 18.2 Å². The number of likely N-dealkylation sites (N-methyl/N-ethyl adjacent to an activating group) is 1. The fourth-order valence-corrected chi connectivity index (χ4v) is 2.20. The van der Waals surface area contributed by atoms with Gasteiger partial charge in [0.05, 0.1) is 0 Å². The minimum absolute atomic E-state index is 0.0586. The highest BCUT2D eigenvalue weighted by molar-refractivity contribution is 5.97. The van der Waals surface area contributed by atoms with Crippen LogP contribution in [-0.4, -0.2) is 36.3 Å². The van der Waals surface area contributed by atoms with E-state index in [-0.39, 0.29) is 17.9 Å². The molecule has 1 N–H and O–H groups in total. The van der Waals surface area contributed by atoms with Gasteiger partial charge in [0, 0.05) is 19.2 Å². The van der Waals surface area contributed by atoms with Gasteiger partial charge in [0.1, 0.15) is 6.04 Å². The van der Waals surface area contributed by atoms with Crippen LogP contribution in [0.1, 0.15) is 23.2 Å². The Hall–Kier alpha value is -1.84. The normalized spacial score (nSPS) is 19.1. The van der Waals surface area contributed by atoms with Gasteiger partial charge in [0.2, 0.25) is 5.91 Å². The van der Waals surface area contributed by atoms with Crippen molar-refractivity contribution in [2.45, 2.75) is 18.9 Å². The molecule has 1 aliphatic rings. The van der Waals surface area contributed by atoms with E-state index in [0.29, 0.717) is 12.1 Å². The quantitative estimate of drug-likeness (QED) is 0.828. The average molecular weight is 232 g/mol. The summed E-state index contributed by atoms with van der Waals surface area (Å²) < 4.78 is 0. The van der Waals surface area contributed by atoms with Crippen LogP contribution in [0.5, 0.6) is 0 Å². The Balaban J connectivity index is 2.17. The van der Waals surface area contributed by atoms with E-state index in [1.54, 1.807) is 24.1 Å². The molecule has 4 heteroatoms. The van der Waals surface area contributed by atoms with Gasteiger partial charge >= 0.3 is 0 Å². The maximum atomic E-state index is 12.2. The molecule has 0 saturated carbocycles. The van der Waals surface area contributed by atoms with Crippen LogP contribution in [0.3, 0.4) is 0 Å². The average Bonchev–Trinajstić information content (AvgIpc) is 2.87. The molecule has 0 spiro atoms. The van der Waals surface area contributed by atoms with Gasteiger partial charge in [0.25, 0.3) is 5.91 Å². The molecule has 0 radical (unpaired) electrons. The van der Waals surface area contributed by atoms with Crippen molar-refractivity contribution in [3.8, 4) is 0 Å². The van der Waals surface area contributed by atoms with E-state index in [0.717, 1.165) is 12.8 Å². The Morgan fingerprint density at radius 3 is 2.65 bits per heavy atom. The van der Waals surface area contributed by atoms with E-state index in [4.69, 9.17) is 0 Å². The lowest BCUT2D eigenvalue weighted by Crippen LogP contribution is -2.44. The van der Waals surface area contributed by atoms with Crippen LogP contribution >= 0.6 is 0 Å². The third-order valence-corrected chi connectivity index (χ3v) is 3.08. The number of likely N-dealkylation sites (tertiary alicyclic amines) is 1. The third-order valence-electron chi connectivity index (χ3n) is 3.08. The molecule has 2 amide bonds. The lowest BCUT2D eigenvalue weighted by molar-refractivity contribution is -0.124. The predicted molar refractivity (Wildman–Crippen MR) is 64.6 cm³/mol. The molecule has 4 nitrogen and oxygen atoms in total. The number of carbonyl (C=O) groups is 2. The van der Waals surface area contributed by atoms with Crippen molar-refractivity contribution in [1.82, 2.24) is 10.2 Å². The summed E-state index contributed by atoms with van der Waals surface area (Å²) in [5.74, 6) is -0.136. The van der Waals surface area contributed by atoms with Crippen LogP contribution in [0.2, 0.25) is 0 Å². The van der Waals surface area contributed by atoms with E-state index in [1.165, 1.54) is 0 Å². The number of amides is 2. The molecular formula is C13H16N2O2. The molecule has 0 bridgehead atoms. The highest BCUT2D eigenvalue weighted by Gasteiger charge is 2.33. The largest absolute Gasteiger partial charge is 0.357 e. The summed E-state index contributed by atoms with van der Waals surface area (Å²) in [6.45, 7) is 0.659. The van der Waals surface area contributed by atoms with Gasteiger partial charge in [-0.3, -0.25) is 9.59 Å². The second-order valence-electron chi connectivity index (χ2n) is 4.14. The molecule has 90 valence electrons. The first kappa shape index (κ1) is 11.6. The number of hydrogen-bond donors (Lipinski definition) is 1. The van der Waals surface area contributed by atoms with Gasteiger partial charge in [-0.2, -0.15) is 0 Å². The first-order valence-electron chi connectivity index (χ1n) is 5.81. The number of hydrogen-bond acceptors (Lipinski definition) is 2. The molecule has 1 heterocycles. The predicted octanol–water partition coefficient (Wildman–Crippen LogP) is 1.04. The van der Waals surface area contributed by atoms with Crippen molar-refractivity contribution < 1.29 is 9.59 Å². The molecule has 17 heavy (non-hydrogen) atoms. The van der Waals surface area contributed by atoms with Gasteiger partial charge in [0.15, 0.2) is 0 Å². The Kier molecular flexibility index (Phi) is 3.42. The SMILES string of the molecule is CNC(=O)C1CCCN1C(=O)c1ccccc1. The molecule has 1 unspecified atom stereocenters. The van der Waals surface area contributed by atoms with Gasteiger partial charge < -0.3 is 10.2 Å². The molecule has 1 aromatic carbocycles. The van der Waals surface area contributed by atoms with Crippen LogP contribution in [-0.2, 0) is 4.79 Å². The minimum atomic E-state index is -0.312. The van der Waals surface area contributed by atoms with Gasteiger partial charge in [-0.05, 0) is 25.0 Å². The number of carbonyl (C=O) groups excluding carboxylic acids is 2. The van der Waals surface area contributed by atoms with Crippen molar-refractivity contribution in [3.05, 3.63) is 35.9 Å². The van der Waals surface area contributed by atoms with Crippen molar-refractivity contribution in [2.24, 2.45) is 0 Å². The molecule has 0 aliphatic carbocycles. The summed E-state index contributed by atoms with van der Waals surface area (Å²) in [5, 5.41) is 2.61. The van der Waals surface area contributed by atoms with E-state index >= 15 is 0 Å². The maximum Gasteiger partial charge on any atom is 0.254 e. The smallest absolute Gasteiger partial charge is 0.254 e. The summed E-state index contributed by atoms with van der Waals surface area (Å²) in [6.07, 6.45) is 1.63. The van der Waals surface area contributed by atoms with Crippen molar-refractivity contribution in [3.63, 3.8) is 0 Å². The standard InChI is InChI=1S/C13H16N2O2/c1-14-12(16)11-8-5-9-15(11)13(17)10-6-3-2-4-7-10/h2-4,6-7,11H,5,8-9H2,1H3,(H,14,16). The van der Waals surface area contributed by atoms with E-state index in [9.17, 15) is 9.59 Å². The van der Waals surface area contributed by atoms with E-state index < -0.39 is 0 Å². The molecule has 0 aromatic heterocycles. The Morgan fingerprint density at radius 2 is 2.00 bits per heavy atom. The summed E-state index contributed by atoms with van der Waals surface area (Å²) in [7, 11) is 1.60. The molecule has 2 rings (SSSR count). The lowest BCUT2D eigenvalue weighted by Gasteiger charge is -2.23. The molecule has 1 aromatic rings. The van der Waals surface area contributed by atoms with Gasteiger partial charge in [-0.15, -0.1) is 0 Å². The summed E-state index contributed by atoms with van der Waals surface area (Å²) >= 11 is 0. The lowest BCUT2D eigenvalue weighted by atomic mass is 10.1. The number of nitrogens with one attached hydrogen (secondary N) is 1. The molecular weight excluding hydrogens is 216 g/mol. The Bertz CT molecular complexity index is 417.